The van der Waals surface area contributed by atoms with Gasteiger partial charge in [0.15, 0.2) is 24.1 Å². The third-order valence-electron chi connectivity index (χ3n) is 7.80. The molecule has 2 aliphatic heterocycles. The van der Waals surface area contributed by atoms with Gasteiger partial charge in [0.05, 0.1) is 32.3 Å². The molecule has 0 aromatic heterocycles. The number of unbranched alkanes of at least 4 members (excludes halogenated alkanes) is 2. The van der Waals surface area contributed by atoms with Crippen molar-refractivity contribution in [3.05, 3.63) is 82.9 Å². The highest BCUT2D eigenvalue weighted by molar-refractivity contribution is 5.66. The highest BCUT2D eigenvalue weighted by Gasteiger charge is 2.42. The SMILES string of the molecule is CCCCCC1COC(C2COC(c3cc(F)c(C(F)(F)Oc4ccc(-c5ccc(OC(F)(F)F)c(F)c5)c(F)c4)c(F)c3)OC2)OC1. The minimum Gasteiger partial charge on any atom is -0.429 e. The summed E-state index contributed by atoms with van der Waals surface area (Å²) in [5.41, 5.74) is -2.62. The molecule has 0 saturated carbocycles. The van der Waals surface area contributed by atoms with Crippen LogP contribution in [-0.2, 0) is 25.1 Å². The standard InChI is InChI=1S/C33H31F9O6/c1-2-3-4-5-18-14-43-31(44-15-18)21-16-45-30(46-17-21)20-11-26(36)29(27(37)12-20)32(38,39)47-22-7-8-23(24(34)13-22)19-6-9-28(25(35)10-19)48-33(40,41)42/h6-13,18,21,30-31H,2-5,14-17H2,1H3. The zero-order chi connectivity index (χ0) is 34.6. The molecule has 0 bridgehead atoms. The highest BCUT2D eigenvalue weighted by Crippen LogP contribution is 2.39. The van der Waals surface area contributed by atoms with Crippen molar-refractivity contribution in [2.24, 2.45) is 11.8 Å². The Labute approximate surface area is 269 Å². The second-order valence-electron chi connectivity index (χ2n) is 11.5. The minimum absolute atomic E-state index is 0.0553. The molecule has 2 saturated heterocycles. The van der Waals surface area contributed by atoms with Crippen molar-refractivity contribution in [2.75, 3.05) is 26.4 Å². The molecule has 3 aromatic carbocycles. The number of halogens is 9. The molecule has 0 spiro atoms. The van der Waals surface area contributed by atoms with E-state index >= 15 is 8.78 Å². The summed E-state index contributed by atoms with van der Waals surface area (Å²) in [5, 5.41) is 0. The first-order chi connectivity index (χ1) is 22.7. The van der Waals surface area contributed by atoms with E-state index in [9.17, 15) is 30.7 Å². The van der Waals surface area contributed by atoms with Gasteiger partial charge in [-0.15, -0.1) is 13.2 Å². The van der Waals surface area contributed by atoms with Crippen LogP contribution in [0.3, 0.4) is 0 Å². The van der Waals surface area contributed by atoms with Crippen LogP contribution in [0.2, 0.25) is 0 Å². The van der Waals surface area contributed by atoms with Gasteiger partial charge in [0.25, 0.3) is 0 Å². The van der Waals surface area contributed by atoms with Gasteiger partial charge in [-0.1, -0.05) is 32.3 Å². The summed E-state index contributed by atoms with van der Waals surface area (Å²) in [6.45, 7) is 3.28. The van der Waals surface area contributed by atoms with Gasteiger partial charge in [0.1, 0.15) is 28.8 Å². The van der Waals surface area contributed by atoms with Crippen LogP contribution in [0.1, 0.15) is 50.0 Å². The van der Waals surface area contributed by atoms with Crippen molar-refractivity contribution < 1.29 is 67.9 Å². The largest absolute Gasteiger partial charge is 0.573 e. The van der Waals surface area contributed by atoms with E-state index in [1.165, 1.54) is 0 Å². The molecule has 0 atom stereocenters. The van der Waals surface area contributed by atoms with Crippen LogP contribution in [0.5, 0.6) is 11.5 Å². The van der Waals surface area contributed by atoms with E-state index in [-0.39, 0.29) is 36.2 Å². The molecule has 0 amide bonds. The van der Waals surface area contributed by atoms with Crippen molar-refractivity contribution in [1.82, 2.24) is 0 Å². The number of benzene rings is 3. The molecular formula is C33H31F9O6. The Bertz CT molecular complexity index is 1530. The van der Waals surface area contributed by atoms with Crippen LogP contribution in [0.25, 0.3) is 11.1 Å². The van der Waals surface area contributed by atoms with E-state index in [2.05, 4.69) is 16.4 Å². The third-order valence-corrected chi connectivity index (χ3v) is 7.80. The Morgan fingerprint density at radius 1 is 0.708 bits per heavy atom. The fraction of sp³-hybridized carbons (Fsp3) is 0.455. The van der Waals surface area contributed by atoms with E-state index in [4.69, 9.17) is 18.9 Å². The first-order valence-corrected chi connectivity index (χ1v) is 15.1. The van der Waals surface area contributed by atoms with Gasteiger partial charge in [-0.3, -0.25) is 0 Å². The van der Waals surface area contributed by atoms with Crippen molar-refractivity contribution in [1.29, 1.82) is 0 Å². The van der Waals surface area contributed by atoms with Gasteiger partial charge >= 0.3 is 12.5 Å². The quantitative estimate of drug-likeness (QED) is 0.148. The van der Waals surface area contributed by atoms with Crippen LogP contribution in [0, 0.1) is 35.1 Å². The normalized spacial score (nSPS) is 22.0. The van der Waals surface area contributed by atoms with E-state index < -0.39 is 70.9 Å². The lowest BCUT2D eigenvalue weighted by atomic mass is 10.0. The lowest BCUT2D eigenvalue weighted by molar-refractivity contribution is -0.283. The van der Waals surface area contributed by atoms with Crippen LogP contribution in [-0.4, -0.2) is 39.1 Å². The second kappa shape index (κ2) is 14.9. The minimum atomic E-state index is -5.17. The molecular weight excluding hydrogens is 663 g/mol. The molecule has 262 valence electrons. The maximum Gasteiger partial charge on any atom is 0.573 e. The molecule has 2 fully saturated rings. The van der Waals surface area contributed by atoms with Crippen LogP contribution < -0.4 is 9.47 Å². The zero-order valence-corrected chi connectivity index (χ0v) is 25.4. The Hall–Kier alpha value is -3.53. The molecule has 3 aromatic rings. The number of alkyl halides is 5. The Morgan fingerprint density at radius 2 is 1.38 bits per heavy atom. The summed E-state index contributed by atoms with van der Waals surface area (Å²) in [4.78, 5) is 0. The average molecular weight is 695 g/mol. The van der Waals surface area contributed by atoms with Crippen molar-refractivity contribution in [3.63, 3.8) is 0 Å². The smallest absolute Gasteiger partial charge is 0.429 e. The van der Waals surface area contributed by atoms with Crippen molar-refractivity contribution >= 4 is 0 Å². The number of rotatable bonds is 11. The maximum absolute atomic E-state index is 15.0. The molecule has 48 heavy (non-hydrogen) atoms. The van der Waals surface area contributed by atoms with Gasteiger partial charge in [-0.25, -0.2) is 17.6 Å². The summed E-state index contributed by atoms with van der Waals surface area (Å²) in [6, 6.07) is 5.40. The zero-order valence-electron chi connectivity index (χ0n) is 25.4. The topological polar surface area (TPSA) is 55.4 Å². The van der Waals surface area contributed by atoms with E-state index in [1.54, 1.807) is 0 Å². The Kier molecular flexibility index (Phi) is 11.1. The van der Waals surface area contributed by atoms with Gasteiger partial charge in [-0.2, -0.15) is 8.78 Å². The summed E-state index contributed by atoms with van der Waals surface area (Å²) >= 11 is 0. The van der Waals surface area contributed by atoms with Crippen LogP contribution in [0.15, 0.2) is 48.5 Å². The van der Waals surface area contributed by atoms with Gasteiger partial charge in [0, 0.05) is 23.1 Å². The lowest BCUT2D eigenvalue weighted by Gasteiger charge is -2.37. The summed E-state index contributed by atoms with van der Waals surface area (Å²) < 4.78 is 157. The Morgan fingerprint density at radius 3 is 1.96 bits per heavy atom. The van der Waals surface area contributed by atoms with Crippen molar-refractivity contribution in [2.45, 2.75) is 57.7 Å². The first kappa shape index (κ1) is 35.8. The predicted molar refractivity (Wildman–Crippen MR) is 151 cm³/mol. The lowest BCUT2D eigenvalue weighted by Crippen LogP contribution is -2.43. The molecule has 2 heterocycles. The second-order valence-corrected chi connectivity index (χ2v) is 11.5. The highest BCUT2D eigenvalue weighted by atomic mass is 19.4. The van der Waals surface area contributed by atoms with E-state index in [0.717, 1.165) is 43.9 Å². The summed E-state index contributed by atoms with van der Waals surface area (Å²) in [6.07, 6.45) is -7.33. The molecule has 6 nitrogen and oxygen atoms in total. The van der Waals surface area contributed by atoms with Crippen LogP contribution >= 0.6 is 0 Å². The van der Waals surface area contributed by atoms with Gasteiger partial charge < -0.3 is 28.4 Å². The van der Waals surface area contributed by atoms with E-state index in [0.29, 0.717) is 43.5 Å². The summed E-state index contributed by atoms with van der Waals surface area (Å²) in [7, 11) is 0. The third kappa shape index (κ3) is 8.73. The summed E-state index contributed by atoms with van der Waals surface area (Å²) in [5.74, 6) is -8.14. The van der Waals surface area contributed by atoms with Crippen LogP contribution in [0.4, 0.5) is 39.5 Å². The van der Waals surface area contributed by atoms with E-state index in [1.807, 2.05) is 0 Å². The van der Waals surface area contributed by atoms with Crippen molar-refractivity contribution in [3.8, 4) is 22.6 Å². The molecule has 0 unspecified atom stereocenters. The Balaban J connectivity index is 1.20. The maximum atomic E-state index is 15.0. The molecule has 0 N–H and O–H groups in total. The fourth-order valence-corrected chi connectivity index (χ4v) is 5.42. The molecule has 0 radical (unpaired) electrons. The average Bonchev–Trinajstić information content (AvgIpc) is 3.01. The molecule has 0 aliphatic carbocycles. The number of hydrogen-bond donors (Lipinski definition) is 0. The fourth-order valence-electron chi connectivity index (χ4n) is 5.42. The first-order valence-electron chi connectivity index (χ1n) is 15.1. The number of ether oxygens (including phenoxy) is 6. The predicted octanol–water partition coefficient (Wildman–Crippen LogP) is 9.17. The molecule has 2 aliphatic rings. The van der Waals surface area contributed by atoms with Gasteiger partial charge in [-0.05, 0) is 48.4 Å². The molecule has 5 rings (SSSR count). The number of hydrogen-bond acceptors (Lipinski definition) is 6. The molecule has 15 heteroatoms. The monoisotopic (exact) mass is 694 g/mol. The van der Waals surface area contributed by atoms with Gasteiger partial charge in [0.2, 0.25) is 0 Å².